The molecule has 0 heterocycles. The number of rotatable bonds is 7. The smallest absolute Gasteiger partial charge is 0.0512 e. The van der Waals surface area contributed by atoms with E-state index in [1.54, 1.807) is 0 Å². The average molecular weight is 179 g/mol. The summed E-state index contributed by atoms with van der Waals surface area (Å²) in [5.41, 5.74) is 0. The predicted octanol–water partition coefficient (Wildman–Crippen LogP) is 2.95. The largest absolute Gasteiger partial charge is 0.393 e. The Morgan fingerprint density at radius 1 is 1.09 bits per heavy atom. The van der Waals surface area contributed by atoms with Crippen LogP contribution in [0.2, 0.25) is 0 Å². The van der Waals surface area contributed by atoms with E-state index in [-0.39, 0.29) is 6.10 Å². The van der Waals surface area contributed by atoms with Gasteiger partial charge in [0.05, 0.1) is 6.10 Å². The first-order valence-electron chi connectivity index (χ1n) is 4.51. The fraction of sp³-hybridized carbons (Fsp3) is 1.00. The normalized spacial score (nSPS) is 13.4. The van der Waals surface area contributed by atoms with Crippen LogP contribution >= 0.6 is 11.6 Å². The van der Waals surface area contributed by atoms with Crippen molar-refractivity contribution in [1.82, 2.24) is 0 Å². The lowest BCUT2D eigenvalue weighted by Crippen LogP contribution is -1.98. The van der Waals surface area contributed by atoms with Gasteiger partial charge >= 0.3 is 0 Å². The van der Waals surface area contributed by atoms with E-state index < -0.39 is 0 Å². The van der Waals surface area contributed by atoms with Crippen molar-refractivity contribution in [1.29, 1.82) is 0 Å². The molecule has 68 valence electrons. The number of unbranched alkanes of at least 4 members (excludes halogenated alkanes) is 4. The van der Waals surface area contributed by atoms with E-state index in [1.807, 2.05) is 6.92 Å². The van der Waals surface area contributed by atoms with Gasteiger partial charge in [0.1, 0.15) is 0 Å². The van der Waals surface area contributed by atoms with Gasteiger partial charge in [0.25, 0.3) is 0 Å². The highest BCUT2D eigenvalue weighted by atomic mass is 35.5. The molecule has 0 saturated heterocycles. The van der Waals surface area contributed by atoms with Gasteiger partial charge in [-0.05, 0) is 19.8 Å². The molecule has 0 aromatic heterocycles. The Morgan fingerprint density at radius 3 is 2.18 bits per heavy atom. The SMILES string of the molecule is CC(O)CCCCCCCCl. The summed E-state index contributed by atoms with van der Waals surface area (Å²) in [5.74, 6) is 0.788. The summed E-state index contributed by atoms with van der Waals surface area (Å²) >= 11 is 5.52. The van der Waals surface area contributed by atoms with E-state index in [4.69, 9.17) is 16.7 Å². The fourth-order valence-electron chi connectivity index (χ4n) is 1.06. The Bertz CT molecular complexity index is 74.0. The van der Waals surface area contributed by atoms with Crippen molar-refractivity contribution in [2.24, 2.45) is 0 Å². The number of halogens is 1. The van der Waals surface area contributed by atoms with Crippen molar-refractivity contribution in [3.63, 3.8) is 0 Å². The summed E-state index contributed by atoms with van der Waals surface area (Å²) in [6.45, 7) is 1.85. The van der Waals surface area contributed by atoms with Crippen LogP contribution in [0.15, 0.2) is 0 Å². The lowest BCUT2D eigenvalue weighted by molar-refractivity contribution is 0.180. The van der Waals surface area contributed by atoms with Crippen LogP contribution in [0, 0.1) is 0 Å². The van der Waals surface area contributed by atoms with Crippen LogP contribution in [0.3, 0.4) is 0 Å². The highest BCUT2D eigenvalue weighted by molar-refractivity contribution is 6.17. The number of aliphatic hydroxyl groups excluding tert-OH is 1. The van der Waals surface area contributed by atoms with E-state index in [1.165, 1.54) is 19.3 Å². The molecule has 1 N–H and O–H groups in total. The predicted molar refractivity (Wildman–Crippen MR) is 50.1 cm³/mol. The second-order valence-electron chi connectivity index (χ2n) is 3.09. The maximum atomic E-state index is 8.93. The van der Waals surface area contributed by atoms with E-state index in [2.05, 4.69) is 0 Å². The number of hydrogen-bond donors (Lipinski definition) is 1. The minimum Gasteiger partial charge on any atom is -0.393 e. The molecule has 0 spiro atoms. The van der Waals surface area contributed by atoms with E-state index in [9.17, 15) is 0 Å². The molecule has 2 heteroatoms. The molecule has 0 bridgehead atoms. The molecule has 0 aliphatic carbocycles. The second kappa shape index (κ2) is 8.35. The maximum absolute atomic E-state index is 8.93. The monoisotopic (exact) mass is 178 g/mol. The first-order valence-corrected chi connectivity index (χ1v) is 5.05. The summed E-state index contributed by atoms with van der Waals surface area (Å²) in [6, 6.07) is 0. The molecule has 1 atom stereocenters. The third-order valence-electron chi connectivity index (χ3n) is 1.76. The summed E-state index contributed by atoms with van der Waals surface area (Å²) in [6.07, 6.45) is 6.85. The van der Waals surface area contributed by atoms with Crippen molar-refractivity contribution in [2.45, 2.75) is 51.6 Å². The zero-order valence-electron chi connectivity index (χ0n) is 7.35. The first kappa shape index (κ1) is 11.2. The number of hydrogen-bond acceptors (Lipinski definition) is 1. The van der Waals surface area contributed by atoms with Crippen LogP contribution < -0.4 is 0 Å². The molecule has 1 unspecified atom stereocenters. The lowest BCUT2D eigenvalue weighted by Gasteiger charge is -2.02. The first-order chi connectivity index (χ1) is 5.27. The van der Waals surface area contributed by atoms with Gasteiger partial charge in [0.15, 0.2) is 0 Å². The van der Waals surface area contributed by atoms with E-state index >= 15 is 0 Å². The standard InChI is InChI=1S/C9H19ClO/c1-9(11)7-5-3-2-4-6-8-10/h9,11H,2-8H2,1H3. The van der Waals surface area contributed by atoms with Gasteiger partial charge in [0.2, 0.25) is 0 Å². The van der Waals surface area contributed by atoms with Crippen LogP contribution in [0.1, 0.15) is 45.4 Å². The van der Waals surface area contributed by atoms with Crippen LogP contribution in [-0.2, 0) is 0 Å². The molecule has 0 aromatic rings. The van der Waals surface area contributed by atoms with Crippen LogP contribution in [-0.4, -0.2) is 17.1 Å². The van der Waals surface area contributed by atoms with E-state index in [0.29, 0.717) is 0 Å². The minimum atomic E-state index is -0.122. The summed E-state index contributed by atoms with van der Waals surface area (Å²) < 4.78 is 0. The summed E-state index contributed by atoms with van der Waals surface area (Å²) in [7, 11) is 0. The van der Waals surface area contributed by atoms with Crippen molar-refractivity contribution in [3.8, 4) is 0 Å². The highest BCUT2D eigenvalue weighted by Crippen LogP contribution is 2.07. The Hall–Kier alpha value is 0.250. The molecule has 0 rings (SSSR count). The third-order valence-corrected chi connectivity index (χ3v) is 2.02. The van der Waals surface area contributed by atoms with Crippen molar-refractivity contribution < 1.29 is 5.11 Å². The fourth-order valence-corrected chi connectivity index (χ4v) is 1.25. The molecule has 0 aliphatic heterocycles. The minimum absolute atomic E-state index is 0.122. The Balaban J connectivity index is 2.80. The van der Waals surface area contributed by atoms with Gasteiger partial charge in [-0.15, -0.1) is 11.6 Å². The zero-order valence-corrected chi connectivity index (χ0v) is 8.11. The van der Waals surface area contributed by atoms with Crippen molar-refractivity contribution in [2.75, 3.05) is 5.88 Å². The van der Waals surface area contributed by atoms with Crippen molar-refractivity contribution >= 4 is 11.6 Å². The zero-order chi connectivity index (χ0) is 8.53. The molecular formula is C9H19ClO. The summed E-state index contributed by atoms with van der Waals surface area (Å²) in [4.78, 5) is 0. The van der Waals surface area contributed by atoms with Gasteiger partial charge in [-0.3, -0.25) is 0 Å². The quantitative estimate of drug-likeness (QED) is 0.470. The van der Waals surface area contributed by atoms with Crippen molar-refractivity contribution in [3.05, 3.63) is 0 Å². The average Bonchev–Trinajstić information content (AvgIpc) is 1.96. The highest BCUT2D eigenvalue weighted by Gasteiger charge is 1.94. The van der Waals surface area contributed by atoms with Crippen LogP contribution in [0.25, 0.3) is 0 Å². The Labute approximate surface area is 74.8 Å². The molecule has 0 radical (unpaired) electrons. The van der Waals surface area contributed by atoms with E-state index in [0.717, 1.165) is 25.1 Å². The molecule has 0 fully saturated rings. The van der Waals surface area contributed by atoms with Gasteiger partial charge in [-0.1, -0.05) is 25.7 Å². The molecular weight excluding hydrogens is 160 g/mol. The topological polar surface area (TPSA) is 20.2 Å². The number of alkyl halides is 1. The van der Waals surface area contributed by atoms with Gasteiger partial charge in [-0.2, -0.15) is 0 Å². The molecule has 1 nitrogen and oxygen atoms in total. The van der Waals surface area contributed by atoms with Crippen LogP contribution in [0.5, 0.6) is 0 Å². The lowest BCUT2D eigenvalue weighted by atomic mass is 10.1. The maximum Gasteiger partial charge on any atom is 0.0512 e. The van der Waals surface area contributed by atoms with Gasteiger partial charge < -0.3 is 5.11 Å². The Kier molecular flexibility index (Phi) is 8.54. The van der Waals surface area contributed by atoms with Crippen LogP contribution in [0.4, 0.5) is 0 Å². The third kappa shape index (κ3) is 10.2. The number of aliphatic hydroxyl groups is 1. The second-order valence-corrected chi connectivity index (χ2v) is 3.47. The Morgan fingerprint density at radius 2 is 1.64 bits per heavy atom. The molecule has 0 amide bonds. The molecule has 0 aromatic carbocycles. The molecule has 0 saturated carbocycles. The summed E-state index contributed by atoms with van der Waals surface area (Å²) in [5, 5.41) is 8.93. The molecule has 0 aliphatic rings. The van der Waals surface area contributed by atoms with Gasteiger partial charge in [0, 0.05) is 5.88 Å². The molecule has 11 heavy (non-hydrogen) atoms. The van der Waals surface area contributed by atoms with Gasteiger partial charge in [-0.25, -0.2) is 0 Å².